The van der Waals surface area contributed by atoms with E-state index in [-0.39, 0.29) is 18.5 Å². The van der Waals surface area contributed by atoms with Crippen LogP contribution in [0.4, 0.5) is 0 Å². The third-order valence-corrected chi connectivity index (χ3v) is 2.81. The number of carbonyl (C=O) groups is 1. The smallest absolute Gasteiger partial charge is 0.308 e. The number of aliphatic hydroxyl groups is 1. The first-order valence-electron chi connectivity index (χ1n) is 5.94. The zero-order valence-corrected chi connectivity index (χ0v) is 10.7. The summed E-state index contributed by atoms with van der Waals surface area (Å²) >= 11 is 0. The van der Waals surface area contributed by atoms with E-state index in [0.717, 1.165) is 16.7 Å². The Morgan fingerprint density at radius 2 is 2.18 bits per heavy atom. The van der Waals surface area contributed by atoms with E-state index in [1.54, 1.807) is 6.92 Å². The zero-order chi connectivity index (χ0) is 12.8. The summed E-state index contributed by atoms with van der Waals surface area (Å²) in [5.41, 5.74) is 3.04. The molecule has 1 aromatic carbocycles. The molecule has 0 aliphatic rings. The van der Waals surface area contributed by atoms with Gasteiger partial charge in [0.05, 0.1) is 19.1 Å². The number of esters is 1. The number of ether oxygens (including phenoxy) is 1. The van der Waals surface area contributed by atoms with Crippen LogP contribution in [-0.4, -0.2) is 17.7 Å². The Morgan fingerprint density at radius 3 is 2.76 bits per heavy atom. The molecule has 1 atom stereocenters. The fraction of sp³-hybridized carbons (Fsp3) is 0.500. The van der Waals surface area contributed by atoms with E-state index in [2.05, 4.69) is 0 Å². The van der Waals surface area contributed by atoms with Gasteiger partial charge in [0, 0.05) is 0 Å². The number of carbonyl (C=O) groups excluding carboxylic acids is 1. The molecule has 1 aromatic rings. The molecule has 1 rings (SSSR count). The lowest BCUT2D eigenvalue weighted by Crippen LogP contribution is -2.17. The molecule has 0 amide bonds. The molecule has 3 heteroatoms. The minimum absolute atomic E-state index is 0.0352. The van der Waals surface area contributed by atoms with Crippen molar-refractivity contribution < 1.29 is 14.6 Å². The van der Waals surface area contributed by atoms with Crippen LogP contribution < -0.4 is 0 Å². The fourth-order valence-corrected chi connectivity index (χ4v) is 1.74. The van der Waals surface area contributed by atoms with Gasteiger partial charge in [0.15, 0.2) is 0 Å². The topological polar surface area (TPSA) is 46.5 Å². The Balaban J connectivity index is 2.71. The van der Waals surface area contributed by atoms with Gasteiger partial charge in [-0.3, -0.25) is 4.79 Å². The third kappa shape index (κ3) is 3.86. The summed E-state index contributed by atoms with van der Waals surface area (Å²) in [6.07, 6.45) is 0.645. The molecule has 0 spiro atoms. The highest BCUT2D eigenvalue weighted by molar-refractivity contribution is 5.72. The largest absolute Gasteiger partial charge is 0.466 e. The molecule has 0 fully saturated rings. The van der Waals surface area contributed by atoms with Crippen LogP contribution in [0.3, 0.4) is 0 Å². The fourth-order valence-electron chi connectivity index (χ4n) is 1.74. The van der Waals surface area contributed by atoms with Gasteiger partial charge in [0.1, 0.15) is 0 Å². The minimum atomic E-state index is -0.168. The van der Waals surface area contributed by atoms with Gasteiger partial charge in [-0.2, -0.15) is 0 Å². The van der Waals surface area contributed by atoms with Gasteiger partial charge in [0.2, 0.25) is 0 Å². The van der Waals surface area contributed by atoms with E-state index in [4.69, 9.17) is 4.74 Å². The van der Waals surface area contributed by atoms with Gasteiger partial charge in [0.25, 0.3) is 0 Å². The zero-order valence-electron chi connectivity index (χ0n) is 10.7. The van der Waals surface area contributed by atoms with Crippen LogP contribution in [-0.2, 0) is 22.6 Å². The van der Waals surface area contributed by atoms with E-state index in [0.29, 0.717) is 13.0 Å². The molecule has 0 bridgehead atoms. The van der Waals surface area contributed by atoms with Crippen LogP contribution >= 0.6 is 0 Å². The van der Waals surface area contributed by atoms with Crippen molar-refractivity contribution in [3.8, 4) is 0 Å². The van der Waals surface area contributed by atoms with Crippen molar-refractivity contribution in [3.63, 3.8) is 0 Å². The lowest BCUT2D eigenvalue weighted by Gasteiger charge is -2.12. The highest BCUT2D eigenvalue weighted by atomic mass is 16.5. The van der Waals surface area contributed by atoms with E-state index in [9.17, 15) is 9.90 Å². The van der Waals surface area contributed by atoms with Crippen LogP contribution in [0.2, 0.25) is 0 Å². The number of hydrogen-bond donors (Lipinski definition) is 1. The minimum Gasteiger partial charge on any atom is -0.466 e. The Bertz CT molecular complexity index is 385. The Labute approximate surface area is 102 Å². The standard InChI is InChI=1S/C14H20O3/c1-4-17-14(16)11(3)7-12-6-5-10(2)13(8-12)9-15/h5-6,8,11,15H,4,7,9H2,1-3H3. The van der Waals surface area contributed by atoms with E-state index in [1.165, 1.54) is 0 Å². The quantitative estimate of drug-likeness (QED) is 0.797. The van der Waals surface area contributed by atoms with Crippen molar-refractivity contribution in [1.82, 2.24) is 0 Å². The molecule has 17 heavy (non-hydrogen) atoms. The van der Waals surface area contributed by atoms with Gasteiger partial charge >= 0.3 is 5.97 Å². The molecule has 0 saturated carbocycles. The molecule has 0 aliphatic carbocycles. The molecule has 94 valence electrons. The summed E-state index contributed by atoms with van der Waals surface area (Å²) in [5.74, 6) is -0.317. The third-order valence-electron chi connectivity index (χ3n) is 2.81. The number of aliphatic hydroxyl groups excluding tert-OH is 1. The molecule has 0 heterocycles. The highest BCUT2D eigenvalue weighted by Crippen LogP contribution is 2.15. The van der Waals surface area contributed by atoms with Crippen molar-refractivity contribution >= 4 is 5.97 Å². The Morgan fingerprint density at radius 1 is 1.47 bits per heavy atom. The highest BCUT2D eigenvalue weighted by Gasteiger charge is 2.14. The second kappa shape index (κ2) is 6.40. The van der Waals surface area contributed by atoms with E-state index in [1.807, 2.05) is 32.0 Å². The predicted molar refractivity (Wildman–Crippen MR) is 66.6 cm³/mol. The molecule has 0 radical (unpaired) electrons. The van der Waals surface area contributed by atoms with Gasteiger partial charge in [-0.25, -0.2) is 0 Å². The van der Waals surface area contributed by atoms with Crippen molar-refractivity contribution in [3.05, 3.63) is 34.9 Å². The van der Waals surface area contributed by atoms with Crippen LogP contribution in [0.25, 0.3) is 0 Å². The first-order chi connectivity index (χ1) is 8.08. The molecule has 0 aromatic heterocycles. The predicted octanol–water partition coefficient (Wildman–Crippen LogP) is 2.23. The van der Waals surface area contributed by atoms with Gasteiger partial charge in [-0.05, 0) is 37.0 Å². The molecule has 0 saturated heterocycles. The second-order valence-corrected chi connectivity index (χ2v) is 4.28. The van der Waals surface area contributed by atoms with Crippen LogP contribution in [0.1, 0.15) is 30.5 Å². The second-order valence-electron chi connectivity index (χ2n) is 4.28. The average Bonchev–Trinajstić information content (AvgIpc) is 2.31. The summed E-state index contributed by atoms with van der Waals surface area (Å²) in [5, 5.41) is 9.18. The monoisotopic (exact) mass is 236 g/mol. The summed E-state index contributed by atoms with van der Waals surface area (Å²) in [4.78, 5) is 11.5. The molecule has 0 aliphatic heterocycles. The number of benzene rings is 1. The Kier molecular flexibility index (Phi) is 5.16. The van der Waals surface area contributed by atoms with Crippen LogP contribution in [0, 0.1) is 12.8 Å². The van der Waals surface area contributed by atoms with Gasteiger partial charge in [-0.15, -0.1) is 0 Å². The van der Waals surface area contributed by atoms with Crippen molar-refractivity contribution in [1.29, 1.82) is 0 Å². The maximum atomic E-state index is 11.5. The SMILES string of the molecule is CCOC(=O)C(C)Cc1ccc(C)c(CO)c1. The van der Waals surface area contributed by atoms with Crippen molar-refractivity contribution in [2.45, 2.75) is 33.8 Å². The van der Waals surface area contributed by atoms with Crippen molar-refractivity contribution in [2.24, 2.45) is 5.92 Å². The number of hydrogen-bond acceptors (Lipinski definition) is 3. The number of rotatable bonds is 5. The van der Waals surface area contributed by atoms with Crippen LogP contribution in [0.15, 0.2) is 18.2 Å². The molecular formula is C14H20O3. The van der Waals surface area contributed by atoms with E-state index >= 15 is 0 Å². The lowest BCUT2D eigenvalue weighted by molar-refractivity contribution is -0.147. The molecule has 3 nitrogen and oxygen atoms in total. The first kappa shape index (κ1) is 13.7. The van der Waals surface area contributed by atoms with E-state index < -0.39 is 0 Å². The van der Waals surface area contributed by atoms with Crippen molar-refractivity contribution in [2.75, 3.05) is 6.61 Å². The summed E-state index contributed by atoms with van der Waals surface area (Å²) < 4.78 is 4.97. The Hall–Kier alpha value is -1.35. The maximum absolute atomic E-state index is 11.5. The number of aryl methyl sites for hydroxylation is 1. The maximum Gasteiger partial charge on any atom is 0.308 e. The van der Waals surface area contributed by atoms with Gasteiger partial charge in [-0.1, -0.05) is 25.1 Å². The summed E-state index contributed by atoms with van der Waals surface area (Å²) in [7, 11) is 0. The molecular weight excluding hydrogens is 216 g/mol. The van der Waals surface area contributed by atoms with Gasteiger partial charge < -0.3 is 9.84 Å². The summed E-state index contributed by atoms with van der Waals surface area (Å²) in [6, 6.07) is 5.91. The summed E-state index contributed by atoms with van der Waals surface area (Å²) in [6.45, 7) is 6.08. The molecule has 1 N–H and O–H groups in total. The van der Waals surface area contributed by atoms with Crippen LogP contribution in [0.5, 0.6) is 0 Å². The average molecular weight is 236 g/mol. The first-order valence-corrected chi connectivity index (χ1v) is 5.94. The molecule has 1 unspecified atom stereocenters. The lowest BCUT2D eigenvalue weighted by atomic mass is 9.97. The normalized spacial score (nSPS) is 12.2.